The minimum absolute atomic E-state index is 0.101. The summed E-state index contributed by atoms with van der Waals surface area (Å²) in [6.07, 6.45) is 4.11. The maximum Gasteiger partial charge on any atom is 0.309 e. The summed E-state index contributed by atoms with van der Waals surface area (Å²) in [5, 5.41) is 5.41. The molecule has 12 heteroatoms. The summed E-state index contributed by atoms with van der Waals surface area (Å²) in [5.41, 5.74) is 6.41. The third-order valence-electron chi connectivity index (χ3n) is 7.53. The van der Waals surface area contributed by atoms with Crippen molar-refractivity contribution >= 4 is 29.5 Å². The van der Waals surface area contributed by atoms with E-state index in [0.717, 1.165) is 11.1 Å². The van der Waals surface area contributed by atoms with E-state index in [1.54, 1.807) is 36.4 Å². The summed E-state index contributed by atoms with van der Waals surface area (Å²) in [6, 6.07) is 17.0. The molecule has 2 unspecified atom stereocenters. The van der Waals surface area contributed by atoms with Crippen LogP contribution in [-0.2, 0) is 35.3 Å². The second kappa shape index (κ2) is 15.4. The van der Waals surface area contributed by atoms with Crippen LogP contribution in [0.5, 0.6) is 0 Å². The van der Waals surface area contributed by atoms with Crippen LogP contribution in [0.3, 0.4) is 0 Å². The molecule has 0 aliphatic carbocycles. The molecule has 1 aliphatic rings. The molecule has 2 atom stereocenters. The number of aromatic nitrogens is 2. The molecule has 2 heterocycles. The first-order valence-electron chi connectivity index (χ1n) is 15.1. The van der Waals surface area contributed by atoms with E-state index in [1.807, 2.05) is 60.7 Å². The molecule has 45 heavy (non-hydrogen) atoms. The van der Waals surface area contributed by atoms with Gasteiger partial charge >= 0.3 is 5.97 Å². The first-order chi connectivity index (χ1) is 21.6. The van der Waals surface area contributed by atoms with Crippen molar-refractivity contribution in [2.75, 3.05) is 31.6 Å². The molecular formula is C33H42N6O6. The monoisotopic (exact) mass is 618 g/mol. The molecule has 0 radical (unpaired) electrons. The predicted octanol–water partition coefficient (Wildman–Crippen LogP) is 2.65. The van der Waals surface area contributed by atoms with Gasteiger partial charge in [-0.3, -0.25) is 19.2 Å². The van der Waals surface area contributed by atoms with Gasteiger partial charge in [0.1, 0.15) is 12.1 Å². The number of carbonyl (C=O) groups excluding carboxylic acids is 4. The van der Waals surface area contributed by atoms with Crippen molar-refractivity contribution in [2.24, 2.45) is 11.7 Å². The lowest BCUT2D eigenvalue weighted by atomic mass is 9.95. The third-order valence-corrected chi connectivity index (χ3v) is 7.53. The minimum atomic E-state index is -1.21. The number of amides is 3. The van der Waals surface area contributed by atoms with Crippen LogP contribution < -0.4 is 16.4 Å². The van der Waals surface area contributed by atoms with Crippen LogP contribution in [0.1, 0.15) is 50.8 Å². The summed E-state index contributed by atoms with van der Waals surface area (Å²) >= 11 is 0. The number of nitrogens with one attached hydrogen (secondary N) is 2. The highest BCUT2D eigenvalue weighted by molar-refractivity contribution is 5.98. The molecule has 1 fully saturated rings. The fourth-order valence-electron chi connectivity index (χ4n) is 5.00. The highest BCUT2D eigenvalue weighted by Gasteiger charge is 2.34. The molecule has 12 nitrogen and oxygen atoms in total. The van der Waals surface area contributed by atoms with Crippen LogP contribution in [-0.4, -0.2) is 76.0 Å². The molecule has 4 N–H and O–H groups in total. The second-order valence-electron chi connectivity index (χ2n) is 11.6. The lowest BCUT2D eigenvalue weighted by molar-refractivity contribution is -0.151. The fraction of sp³-hybridized carbons (Fsp3) is 0.424. The minimum Gasteiger partial charge on any atom is -0.466 e. The molecule has 4 rings (SSSR count). The summed E-state index contributed by atoms with van der Waals surface area (Å²) < 4.78 is 12.6. The Hall–Kier alpha value is -4.55. The predicted molar refractivity (Wildman–Crippen MR) is 168 cm³/mol. The van der Waals surface area contributed by atoms with Crippen molar-refractivity contribution in [3.05, 3.63) is 84.3 Å². The summed E-state index contributed by atoms with van der Waals surface area (Å²) in [4.78, 5) is 58.2. The van der Waals surface area contributed by atoms with Gasteiger partial charge < -0.3 is 35.3 Å². The Balaban J connectivity index is 1.47. The zero-order valence-corrected chi connectivity index (χ0v) is 26.0. The average Bonchev–Trinajstić information content (AvgIpc) is 3.48. The Kier molecular flexibility index (Phi) is 11.4. The number of likely N-dealkylation sites (tertiary alicyclic amines) is 1. The molecule has 3 aromatic rings. The van der Waals surface area contributed by atoms with E-state index in [-0.39, 0.29) is 36.8 Å². The molecule has 0 saturated carbocycles. The van der Waals surface area contributed by atoms with Crippen molar-refractivity contribution in [1.29, 1.82) is 0 Å². The number of nitrogens with zero attached hydrogens (tertiary/aromatic N) is 3. The van der Waals surface area contributed by atoms with Crippen LogP contribution in [0.4, 0.5) is 5.82 Å². The molecule has 0 spiro atoms. The maximum atomic E-state index is 13.9. The number of anilines is 1. The topological polar surface area (TPSA) is 158 Å². The van der Waals surface area contributed by atoms with Gasteiger partial charge in [0.2, 0.25) is 11.8 Å². The first-order valence-corrected chi connectivity index (χ1v) is 15.1. The number of carbonyl (C=O) groups is 4. The van der Waals surface area contributed by atoms with Gasteiger partial charge in [-0.25, -0.2) is 4.98 Å². The summed E-state index contributed by atoms with van der Waals surface area (Å²) in [6.45, 7) is 6.19. The molecule has 1 aliphatic heterocycles. The number of esters is 1. The largest absolute Gasteiger partial charge is 0.466 e. The van der Waals surface area contributed by atoms with E-state index < -0.39 is 29.4 Å². The number of piperidine rings is 1. The van der Waals surface area contributed by atoms with Crippen LogP contribution in [0.15, 0.2) is 73.2 Å². The average molecular weight is 619 g/mol. The quantitative estimate of drug-likeness (QED) is 0.247. The number of rotatable bonds is 13. The Morgan fingerprint density at radius 1 is 1.02 bits per heavy atom. The highest BCUT2D eigenvalue weighted by Crippen LogP contribution is 2.26. The number of benzene rings is 2. The van der Waals surface area contributed by atoms with Crippen molar-refractivity contribution < 1.29 is 28.7 Å². The SMILES string of the molecule is CCOC(=O)C1CCN(C(=O)C(c2ccccc2)n2cnc(NC(=O)C(COCc3ccccc3)NC(=O)C(C)(C)N)c2)CC1. The standard InChI is InChI=1S/C33H42N6O6/c1-4-45-31(42)25-15-17-38(18-16-25)30(41)28(24-13-9-6-10-14-24)39-19-27(35-22-39)37-29(40)26(36-32(43)33(2,3)34)21-44-20-23-11-7-5-8-12-23/h5-14,19,22,25-26,28H,4,15-18,20-21,34H2,1-3H3,(H,36,43)(H,37,40). The zero-order chi connectivity index (χ0) is 32.4. The van der Waals surface area contributed by atoms with Gasteiger partial charge in [-0.15, -0.1) is 0 Å². The van der Waals surface area contributed by atoms with Crippen LogP contribution in [0, 0.1) is 5.92 Å². The van der Waals surface area contributed by atoms with Crippen LogP contribution in [0.2, 0.25) is 0 Å². The van der Waals surface area contributed by atoms with Gasteiger partial charge in [0, 0.05) is 19.3 Å². The van der Waals surface area contributed by atoms with Crippen LogP contribution >= 0.6 is 0 Å². The molecule has 1 saturated heterocycles. The number of hydrogen-bond acceptors (Lipinski definition) is 8. The van der Waals surface area contributed by atoms with E-state index in [2.05, 4.69) is 15.6 Å². The summed E-state index contributed by atoms with van der Waals surface area (Å²) in [7, 11) is 0. The number of nitrogens with two attached hydrogens (primary N) is 1. The zero-order valence-electron chi connectivity index (χ0n) is 26.0. The second-order valence-corrected chi connectivity index (χ2v) is 11.6. The molecule has 3 amide bonds. The maximum absolute atomic E-state index is 13.9. The molecular weight excluding hydrogens is 576 g/mol. The highest BCUT2D eigenvalue weighted by atomic mass is 16.5. The smallest absolute Gasteiger partial charge is 0.309 e. The van der Waals surface area contributed by atoms with E-state index in [4.69, 9.17) is 15.2 Å². The number of ether oxygens (including phenoxy) is 2. The van der Waals surface area contributed by atoms with E-state index in [9.17, 15) is 19.2 Å². The van der Waals surface area contributed by atoms with Gasteiger partial charge in [0.05, 0.1) is 37.6 Å². The van der Waals surface area contributed by atoms with Crippen molar-refractivity contribution in [2.45, 2.75) is 57.8 Å². The first kappa shape index (κ1) is 33.3. The van der Waals surface area contributed by atoms with Gasteiger partial charge in [0.25, 0.3) is 5.91 Å². The van der Waals surface area contributed by atoms with Gasteiger partial charge in [0.15, 0.2) is 5.82 Å². The molecule has 240 valence electrons. The lowest BCUT2D eigenvalue weighted by Crippen LogP contribution is -2.56. The Bertz CT molecular complexity index is 1430. The van der Waals surface area contributed by atoms with Crippen molar-refractivity contribution in [3.8, 4) is 0 Å². The van der Waals surface area contributed by atoms with Crippen molar-refractivity contribution in [3.63, 3.8) is 0 Å². The van der Waals surface area contributed by atoms with E-state index >= 15 is 0 Å². The fourth-order valence-corrected chi connectivity index (χ4v) is 5.00. The van der Waals surface area contributed by atoms with Crippen LogP contribution in [0.25, 0.3) is 0 Å². The van der Waals surface area contributed by atoms with Gasteiger partial charge in [-0.1, -0.05) is 60.7 Å². The molecule has 0 bridgehead atoms. The Labute approximate surface area is 263 Å². The molecule has 1 aromatic heterocycles. The Morgan fingerprint density at radius 2 is 1.67 bits per heavy atom. The number of hydrogen-bond donors (Lipinski definition) is 3. The van der Waals surface area contributed by atoms with Gasteiger partial charge in [-0.2, -0.15) is 0 Å². The third kappa shape index (κ3) is 9.22. The number of imidazole rings is 1. The van der Waals surface area contributed by atoms with Gasteiger partial charge in [-0.05, 0) is 44.7 Å². The lowest BCUT2D eigenvalue weighted by Gasteiger charge is -2.33. The van der Waals surface area contributed by atoms with E-state index in [0.29, 0.717) is 32.5 Å². The van der Waals surface area contributed by atoms with Crippen molar-refractivity contribution in [1.82, 2.24) is 19.8 Å². The molecule has 2 aromatic carbocycles. The summed E-state index contributed by atoms with van der Waals surface area (Å²) in [5.74, 6) is -1.47. The normalized spacial score (nSPS) is 15.2. The van der Waals surface area contributed by atoms with E-state index in [1.165, 1.54) is 6.33 Å². The Morgan fingerprint density at radius 3 is 2.29 bits per heavy atom.